The van der Waals surface area contributed by atoms with E-state index in [9.17, 15) is 4.79 Å². The zero-order valence-corrected chi connectivity index (χ0v) is 12.2. The van der Waals surface area contributed by atoms with Gasteiger partial charge in [-0.15, -0.1) is 11.6 Å². The summed E-state index contributed by atoms with van der Waals surface area (Å²) in [6.07, 6.45) is 3.08. The lowest BCUT2D eigenvalue weighted by Crippen LogP contribution is -2.36. The molecular weight excluding hydrogens is 262 g/mol. The molecule has 106 valence electrons. The molecule has 1 aromatic rings. The van der Waals surface area contributed by atoms with Crippen molar-refractivity contribution in [2.24, 2.45) is 0 Å². The van der Waals surface area contributed by atoms with Gasteiger partial charge in [-0.1, -0.05) is 30.3 Å². The first kappa shape index (κ1) is 16.0. The van der Waals surface area contributed by atoms with Crippen molar-refractivity contribution in [2.45, 2.75) is 31.7 Å². The van der Waals surface area contributed by atoms with Gasteiger partial charge in [-0.3, -0.25) is 4.79 Å². The minimum atomic E-state index is 0.00541. The minimum Gasteiger partial charge on any atom is -0.385 e. The van der Waals surface area contributed by atoms with Crippen LogP contribution in [0.15, 0.2) is 30.3 Å². The van der Waals surface area contributed by atoms with Crippen LogP contribution < -0.4 is 5.32 Å². The Labute approximate surface area is 120 Å². The van der Waals surface area contributed by atoms with E-state index < -0.39 is 0 Å². The molecule has 0 aliphatic rings. The van der Waals surface area contributed by atoms with Gasteiger partial charge in [0, 0.05) is 32.1 Å². The first-order valence-corrected chi connectivity index (χ1v) is 7.18. The Hall–Kier alpha value is -1.06. The van der Waals surface area contributed by atoms with Gasteiger partial charge in [0.1, 0.15) is 0 Å². The Balaban J connectivity index is 2.19. The van der Waals surface area contributed by atoms with E-state index in [1.807, 2.05) is 18.2 Å². The van der Waals surface area contributed by atoms with Crippen molar-refractivity contribution in [3.63, 3.8) is 0 Å². The molecule has 1 rings (SSSR count). The van der Waals surface area contributed by atoms with E-state index in [0.717, 1.165) is 19.3 Å². The van der Waals surface area contributed by atoms with Gasteiger partial charge in [0.05, 0.1) is 0 Å². The SMILES string of the molecule is COCCC(CCl)NC(=O)CCCc1ccccc1. The fourth-order valence-electron chi connectivity index (χ4n) is 1.85. The average molecular weight is 284 g/mol. The lowest BCUT2D eigenvalue weighted by atomic mass is 10.1. The van der Waals surface area contributed by atoms with Crippen molar-refractivity contribution in [1.82, 2.24) is 5.32 Å². The number of amides is 1. The number of hydrogen-bond donors (Lipinski definition) is 1. The van der Waals surface area contributed by atoms with E-state index in [1.165, 1.54) is 5.56 Å². The third-order valence-corrected chi connectivity index (χ3v) is 3.31. The molecule has 0 saturated heterocycles. The van der Waals surface area contributed by atoms with Crippen molar-refractivity contribution in [2.75, 3.05) is 19.6 Å². The lowest BCUT2D eigenvalue weighted by Gasteiger charge is -2.15. The number of methoxy groups -OCH3 is 1. The molecule has 0 heterocycles. The van der Waals surface area contributed by atoms with E-state index in [0.29, 0.717) is 18.9 Å². The Kier molecular flexibility index (Phi) is 8.26. The number of nitrogens with one attached hydrogen (secondary N) is 1. The van der Waals surface area contributed by atoms with Crippen LogP contribution in [0.3, 0.4) is 0 Å². The molecule has 0 aromatic heterocycles. The van der Waals surface area contributed by atoms with Gasteiger partial charge in [-0.2, -0.15) is 0 Å². The second kappa shape index (κ2) is 9.82. The van der Waals surface area contributed by atoms with Gasteiger partial charge in [0.25, 0.3) is 0 Å². The van der Waals surface area contributed by atoms with Crippen molar-refractivity contribution in [1.29, 1.82) is 0 Å². The second-order valence-electron chi connectivity index (χ2n) is 4.54. The molecule has 0 saturated carbocycles. The third kappa shape index (κ3) is 7.19. The van der Waals surface area contributed by atoms with Gasteiger partial charge in [0.15, 0.2) is 0 Å². The number of alkyl halides is 1. The molecule has 4 heteroatoms. The van der Waals surface area contributed by atoms with Gasteiger partial charge in [-0.05, 0) is 24.8 Å². The summed E-state index contributed by atoms with van der Waals surface area (Å²) in [6.45, 7) is 0.613. The number of hydrogen-bond acceptors (Lipinski definition) is 2. The largest absolute Gasteiger partial charge is 0.385 e. The molecule has 19 heavy (non-hydrogen) atoms. The monoisotopic (exact) mass is 283 g/mol. The maximum absolute atomic E-state index is 11.8. The van der Waals surface area contributed by atoms with E-state index in [1.54, 1.807) is 7.11 Å². The van der Waals surface area contributed by atoms with Crippen molar-refractivity contribution < 1.29 is 9.53 Å². The summed E-state index contributed by atoms with van der Waals surface area (Å²) in [6, 6.07) is 10.2. The molecule has 1 amide bonds. The lowest BCUT2D eigenvalue weighted by molar-refractivity contribution is -0.121. The van der Waals surface area contributed by atoms with Gasteiger partial charge >= 0.3 is 0 Å². The molecule has 1 N–H and O–H groups in total. The van der Waals surface area contributed by atoms with E-state index in [2.05, 4.69) is 17.4 Å². The molecule has 0 aliphatic carbocycles. The molecule has 0 spiro atoms. The summed E-state index contributed by atoms with van der Waals surface area (Å²) in [5, 5.41) is 2.94. The van der Waals surface area contributed by atoms with Gasteiger partial charge < -0.3 is 10.1 Å². The summed E-state index contributed by atoms with van der Waals surface area (Å²) in [5.74, 6) is 0.492. The molecule has 0 bridgehead atoms. The number of carbonyl (C=O) groups excluding carboxylic acids is 1. The maximum atomic E-state index is 11.8. The van der Waals surface area contributed by atoms with Crippen molar-refractivity contribution >= 4 is 17.5 Å². The summed E-state index contributed by atoms with van der Waals surface area (Å²) >= 11 is 5.81. The fourth-order valence-corrected chi connectivity index (χ4v) is 2.08. The summed E-state index contributed by atoms with van der Waals surface area (Å²) in [7, 11) is 1.65. The number of aryl methyl sites for hydroxylation is 1. The number of ether oxygens (including phenoxy) is 1. The number of rotatable bonds is 9. The van der Waals surface area contributed by atoms with Crippen LogP contribution in [0.4, 0.5) is 0 Å². The van der Waals surface area contributed by atoms with Crippen LogP contribution in [0, 0.1) is 0 Å². The first-order valence-electron chi connectivity index (χ1n) is 6.64. The molecule has 0 aliphatic heterocycles. The molecule has 0 radical (unpaired) electrons. The normalized spacial score (nSPS) is 12.1. The van der Waals surface area contributed by atoms with E-state index in [4.69, 9.17) is 16.3 Å². The highest BCUT2D eigenvalue weighted by molar-refractivity contribution is 6.18. The quantitative estimate of drug-likeness (QED) is 0.708. The Morgan fingerprint density at radius 3 is 2.74 bits per heavy atom. The first-order chi connectivity index (χ1) is 9.26. The van der Waals surface area contributed by atoms with E-state index >= 15 is 0 Å². The van der Waals surface area contributed by atoms with Crippen molar-refractivity contribution in [3.8, 4) is 0 Å². The Morgan fingerprint density at radius 2 is 2.11 bits per heavy atom. The van der Waals surface area contributed by atoms with Crippen LogP contribution in [0.1, 0.15) is 24.8 Å². The van der Waals surface area contributed by atoms with Crippen LogP contribution in [-0.4, -0.2) is 31.5 Å². The molecule has 1 atom stereocenters. The predicted molar refractivity (Wildman–Crippen MR) is 78.5 cm³/mol. The highest BCUT2D eigenvalue weighted by Gasteiger charge is 2.10. The topological polar surface area (TPSA) is 38.3 Å². The zero-order chi connectivity index (χ0) is 13.9. The highest BCUT2D eigenvalue weighted by atomic mass is 35.5. The van der Waals surface area contributed by atoms with Crippen LogP contribution in [-0.2, 0) is 16.0 Å². The Morgan fingerprint density at radius 1 is 1.37 bits per heavy atom. The number of halogens is 1. The molecule has 1 unspecified atom stereocenters. The van der Waals surface area contributed by atoms with E-state index in [-0.39, 0.29) is 11.9 Å². The standard InChI is InChI=1S/C15H22ClNO2/c1-19-11-10-14(12-16)17-15(18)9-5-8-13-6-3-2-4-7-13/h2-4,6-7,14H,5,8-12H2,1H3,(H,17,18). The Bertz CT molecular complexity index is 356. The maximum Gasteiger partial charge on any atom is 0.220 e. The predicted octanol–water partition coefficient (Wildman–Crippen LogP) is 2.77. The molecule has 3 nitrogen and oxygen atoms in total. The fraction of sp³-hybridized carbons (Fsp3) is 0.533. The summed E-state index contributed by atoms with van der Waals surface area (Å²) < 4.78 is 4.98. The van der Waals surface area contributed by atoms with Crippen LogP contribution >= 0.6 is 11.6 Å². The minimum absolute atomic E-state index is 0.00541. The molecule has 0 fully saturated rings. The van der Waals surface area contributed by atoms with Gasteiger partial charge in [-0.25, -0.2) is 0 Å². The number of benzene rings is 1. The average Bonchev–Trinajstić information content (AvgIpc) is 2.44. The van der Waals surface area contributed by atoms with Crippen molar-refractivity contribution in [3.05, 3.63) is 35.9 Å². The summed E-state index contributed by atoms with van der Waals surface area (Å²) in [4.78, 5) is 11.8. The van der Waals surface area contributed by atoms with Crippen LogP contribution in [0.25, 0.3) is 0 Å². The smallest absolute Gasteiger partial charge is 0.220 e. The zero-order valence-electron chi connectivity index (χ0n) is 11.4. The second-order valence-corrected chi connectivity index (χ2v) is 4.85. The third-order valence-electron chi connectivity index (χ3n) is 2.93. The molecular formula is C15H22ClNO2. The van der Waals surface area contributed by atoms with Gasteiger partial charge in [0.2, 0.25) is 5.91 Å². The van der Waals surface area contributed by atoms with Crippen LogP contribution in [0.5, 0.6) is 0 Å². The van der Waals surface area contributed by atoms with Crippen LogP contribution in [0.2, 0.25) is 0 Å². The number of carbonyl (C=O) groups is 1. The highest BCUT2D eigenvalue weighted by Crippen LogP contribution is 2.05. The summed E-state index contributed by atoms with van der Waals surface area (Å²) in [5.41, 5.74) is 1.27. The molecule has 1 aromatic carbocycles.